The van der Waals surface area contributed by atoms with Crippen LogP contribution in [-0.4, -0.2) is 168 Å². The molecule has 464 valence electrons. The normalized spacial score (nSPS) is 42.8. The van der Waals surface area contributed by atoms with Crippen LogP contribution in [0.2, 0.25) is 0 Å². The predicted molar refractivity (Wildman–Crippen MR) is 294 cm³/mol. The number of hydrogen-bond donors (Lipinski definition) is 11. The fourth-order valence-electron chi connectivity index (χ4n) is 16.2. The Bertz CT molecular complexity index is 2470. The quantitative estimate of drug-likeness (QED) is 0.0819. The number of rotatable bonds is 19. The number of carboxylic acid groups (broad SMARTS) is 3. The van der Waals surface area contributed by atoms with Crippen LogP contribution in [0.1, 0.15) is 167 Å². The van der Waals surface area contributed by atoms with Crippen LogP contribution in [0.25, 0.3) is 0 Å². The highest BCUT2D eigenvalue weighted by Crippen LogP contribution is 2.75. The molecule has 5 aliphatic carbocycles. The van der Waals surface area contributed by atoms with Gasteiger partial charge in [-0.3, -0.25) is 19.2 Å². The van der Waals surface area contributed by atoms with Gasteiger partial charge in [-0.15, -0.1) is 0 Å². The summed E-state index contributed by atoms with van der Waals surface area (Å²) in [7, 11) is 0. The van der Waals surface area contributed by atoms with Crippen molar-refractivity contribution in [2.45, 2.75) is 253 Å². The molecular weight excluding hydrogens is 1070 g/mol. The standard InChI is InChI=1S/C60H95N3O19/c1-14-27(4)35(49(72)73)61-47(70)43-39(66)38(65)42(69)52(80-43)82-45-41(68)40(67)44(48(71)62-36(50(74)75)28(5)15-2)81-53(45)79-34-18-19-58(11)33(55(34,7)8)17-20-60(13)46(58)32(64)25-30-31-26-57(10,22-21-56(31,9)23-24-59(30,60)12)54(78)63-37(51(76)77)29(6)16-3/h25,27-29,31,33-46,52-53,65-69H,14-24,26H2,1-13H3,(H,61,70)(H,62,71)(H,63,78)(H,72,73)(H,74,75)(H,76,77)/t27?,28?,29?,31?,33?,34?,35-,36-,37+,38?,39?,40?,41?,42?,43?,44?,45?,46?,52?,53?,56-,57+,58+,59-,60-/m1/s1. The molecule has 0 aromatic heterocycles. The van der Waals surface area contributed by atoms with E-state index in [9.17, 15) is 69.6 Å². The topological polar surface area (TPSA) is 354 Å². The number of nitrogens with one attached hydrogen (secondary N) is 3. The summed E-state index contributed by atoms with van der Waals surface area (Å²) >= 11 is 0. The van der Waals surface area contributed by atoms with Gasteiger partial charge in [0.15, 0.2) is 30.6 Å². The molecule has 25 atom stereocenters. The Balaban J connectivity index is 1.19. The molecule has 7 rings (SSSR count). The molecule has 11 N–H and O–H groups in total. The minimum absolute atomic E-state index is 0.0109. The Labute approximate surface area is 481 Å². The maximum Gasteiger partial charge on any atom is 0.326 e. The maximum absolute atomic E-state index is 15.4. The van der Waals surface area contributed by atoms with Crippen LogP contribution < -0.4 is 16.0 Å². The Hall–Kier alpha value is -4.13. The highest BCUT2D eigenvalue weighted by atomic mass is 16.8. The van der Waals surface area contributed by atoms with Crippen molar-refractivity contribution in [1.82, 2.24) is 16.0 Å². The lowest BCUT2D eigenvalue weighted by molar-refractivity contribution is -0.369. The third-order valence-electron chi connectivity index (χ3n) is 22.6. The number of carbonyl (C=O) groups is 7. The number of allylic oxidation sites excluding steroid dienone is 2. The molecule has 0 aromatic carbocycles. The van der Waals surface area contributed by atoms with Crippen LogP contribution >= 0.6 is 0 Å². The lowest BCUT2D eigenvalue weighted by Crippen LogP contribution is -2.69. The number of ether oxygens (including phenoxy) is 4. The summed E-state index contributed by atoms with van der Waals surface area (Å²) in [5, 5.41) is 94.8. The lowest BCUT2D eigenvalue weighted by Gasteiger charge is -2.70. The minimum atomic E-state index is -2.14. The molecule has 6 fully saturated rings. The van der Waals surface area contributed by atoms with Gasteiger partial charge in [0.2, 0.25) is 5.91 Å². The summed E-state index contributed by atoms with van der Waals surface area (Å²) in [6.45, 7) is 25.2. The average Bonchev–Trinajstić information content (AvgIpc) is 0.713. The molecule has 0 bridgehead atoms. The molecule has 0 radical (unpaired) electrons. The van der Waals surface area contributed by atoms with Crippen LogP contribution in [0.15, 0.2) is 11.6 Å². The Morgan fingerprint density at radius 3 is 1.61 bits per heavy atom. The molecule has 17 unspecified atom stereocenters. The first-order chi connectivity index (χ1) is 38.0. The largest absolute Gasteiger partial charge is 0.480 e. The first-order valence-electron chi connectivity index (χ1n) is 29.9. The number of ketones is 1. The van der Waals surface area contributed by atoms with Gasteiger partial charge in [-0.25, -0.2) is 14.4 Å². The molecule has 0 aromatic rings. The molecular formula is C60H95N3O19. The van der Waals surface area contributed by atoms with Crippen molar-refractivity contribution in [1.29, 1.82) is 0 Å². The van der Waals surface area contributed by atoms with Gasteiger partial charge in [0.05, 0.1) is 6.10 Å². The van der Waals surface area contributed by atoms with Gasteiger partial charge in [-0.2, -0.15) is 0 Å². The molecule has 22 heteroatoms. The molecule has 2 heterocycles. The SMILES string of the molecule is CCC(C)[C@H](NC(=O)[C@@]1(C)CC[C@]2(C)CC[C@]3(C)C(=CC(=O)C4[C@@]5(C)CCC(OC6OC(C(=O)N[C@@H](C(=O)O)C(C)CC)C(O)C(O)C6OC6OC(C(=O)N[C@@H](C(=O)O)C(C)CC)C(O)C(O)C6O)C(C)(C)C5CC[C@]43C)C2C1)C(=O)O. The zero-order valence-electron chi connectivity index (χ0n) is 50.2. The van der Waals surface area contributed by atoms with Crippen molar-refractivity contribution in [3.05, 3.63) is 11.6 Å². The van der Waals surface area contributed by atoms with E-state index in [1.807, 2.05) is 40.7 Å². The third-order valence-corrected chi connectivity index (χ3v) is 22.6. The summed E-state index contributed by atoms with van der Waals surface area (Å²) < 4.78 is 25.1. The smallest absolute Gasteiger partial charge is 0.326 e. The van der Waals surface area contributed by atoms with Gasteiger partial charge in [-0.05, 0) is 121 Å². The molecule has 4 saturated carbocycles. The molecule has 0 spiro atoms. The molecule has 3 amide bonds. The van der Waals surface area contributed by atoms with Crippen LogP contribution in [-0.2, 0) is 52.5 Å². The minimum Gasteiger partial charge on any atom is -0.480 e. The van der Waals surface area contributed by atoms with E-state index in [4.69, 9.17) is 18.9 Å². The number of fused-ring (bicyclic) bond motifs is 7. The number of carbonyl (C=O) groups excluding carboxylic acids is 4. The maximum atomic E-state index is 15.4. The molecule has 2 aliphatic heterocycles. The summed E-state index contributed by atoms with van der Waals surface area (Å²) in [5.41, 5.74) is -2.41. The van der Waals surface area contributed by atoms with E-state index >= 15 is 4.79 Å². The van der Waals surface area contributed by atoms with Gasteiger partial charge < -0.3 is 75.8 Å². The number of aliphatic hydroxyl groups is 5. The summed E-state index contributed by atoms with van der Waals surface area (Å²) in [6.07, 6.45) is -12.5. The molecule has 22 nitrogen and oxygen atoms in total. The first-order valence-corrected chi connectivity index (χ1v) is 29.9. The van der Waals surface area contributed by atoms with E-state index in [1.165, 1.54) is 0 Å². The highest BCUT2D eigenvalue weighted by Gasteiger charge is 2.71. The number of aliphatic carboxylic acids is 3. The fourth-order valence-corrected chi connectivity index (χ4v) is 16.2. The van der Waals surface area contributed by atoms with Crippen molar-refractivity contribution in [2.75, 3.05) is 0 Å². The van der Waals surface area contributed by atoms with Gasteiger partial charge in [-0.1, -0.05) is 115 Å². The van der Waals surface area contributed by atoms with Crippen LogP contribution in [0.3, 0.4) is 0 Å². The van der Waals surface area contributed by atoms with Crippen molar-refractivity contribution in [2.24, 2.45) is 68.0 Å². The van der Waals surface area contributed by atoms with Crippen LogP contribution in [0.5, 0.6) is 0 Å². The second-order valence-corrected chi connectivity index (χ2v) is 27.7. The zero-order chi connectivity index (χ0) is 61.3. The van der Waals surface area contributed by atoms with Gasteiger partial charge in [0.25, 0.3) is 11.8 Å². The monoisotopic (exact) mass is 1160 g/mol. The van der Waals surface area contributed by atoms with Crippen molar-refractivity contribution in [3.63, 3.8) is 0 Å². The van der Waals surface area contributed by atoms with Crippen molar-refractivity contribution >= 4 is 41.4 Å². The Morgan fingerprint density at radius 1 is 0.610 bits per heavy atom. The van der Waals surface area contributed by atoms with E-state index < -0.39 is 160 Å². The van der Waals surface area contributed by atoms with Crippen molar-refractivity contribution < 1.29 is 93.4 Å². The van der Waals surface area contributed by atoms with Gasteiger partial charge >= 0.3 is 17.9 Å². The molecule has 82 heavy (non-hydrogen) atoms. The second-order valence-electron chi connectivity index (χ2n) is 27.7. The first kappa shape index (κ1) is 65.4. The number of hydrogen-bond acceptors (Lipinski definition) is 16. The summed E-state index contributed by atoms with van der Waals surface area (Å²) in [5.74, 6) is -8.54. The zero-order valence-corrected chi connectivity index (χ0v) is 50.2. The van der Waals surface area contributed by atoms with Gasteiger partial charge in [0.1, 0.15) is 54.7 Å². The fraction of sp³-hybridized carbons (Fsp3) is 0.850. The highest BCUT2D eigenvalue weighted by molar-refractivity contribution is 5.96. The van der Waals surface area contributed by atoms with E-state index in [0.29, 0.717) is 57.8 Å². The predicted octanol–water partition coefficient (Wildman–Crippen LogP) is 3.84. The third kappa shape index (κ3) is 11.3. The van der Waals surface area contributed by atoms with E-state index in [2.05, 4.69) is 43.6 Å². The number of amides is 3. The van der Waals surface area contributed by atoms with Gasteiger partial charge in [0, 0.05) is 11.3 Å². The summed E-state index contributed by atoms with van der Waals surface area (Å²) in [6, 6.07) is -3.90. The number of carboxylic acids is 3. The van der Waals surface area contributed by atoms with Crippen molar-refractivity contribution in [3.8, 4) is 0 Å². The van der Waals surface area contributed by atoms with E-state index in [0.717, 1.165) is 24.8 Å². The second kappa shape index (κ2) is 24.0. The summed E-state index contributed by atoms with van der Waals surface area (Å²) in [4.78, 5) is 94.2. The molecule has 2 saturated heterocycles. The van der Waals surface area contributed by atoms with Crippen LogP contribution in [0.4, 0.5) is 0 Å². The lowest BCUT2D eigenvalue weighted by atomic mass is 9.33. The Morgan fingerprint density at radius 2 is 1.10 bits per heavy atom. The van der Waals surface area contributed by atoms with E-state index in [1.54, 1.807) is 27.7 Å². The van der Waals surface area contributed by atoms with E-state index in [-0.39, 0.29) is 34.9 Å². The molecule has 7 aliphatic rings. The van der Waals surface area contributed by atoms with Crippen LogP contribution in [0, 0.1) is 68.0 Å². The number of aliphatic hydroxyl groups excluding tert-OH is 5. The average molecular weight is 1160 g/mol. The Kier molecular flexibility index (Phi) is 19.1.